The summed E-state index contributed by atoms with van der Waals surface area (Å²) in [5.41, 5.74) is 1.74. The van der Waals surface area contributed by atoms with Gasteiger partial charge in [0, 0.05) is 5.92 Å². The number of para-hydroxylation sites is 1. The molecule has 1 saturated carbocycles. The maximum atomic E-state index is 12.5. The van der Waals surface area contributed by atoms with E-state index in [1.54, 1.807) is 12.1 Å². The van der Waals surface area contributed by atoms with Crippen LogP contribution in [-0.2, 0) is 21.2 Å². The van der Waals surface area contributed by atoms with Crippen molar-refractivity contribution in [2.45, 2.75) is 29.4 Å². The van der Waals surface area contributed by atoms with Crippen LogP contribution in [0, 0.1) is 0 Å². The van der Waals surface area contributed by atoms with E-state index >= 15 is 0 Å². The van der Waals surface area contributed by atoms with Gasteiger partial charge in [0.1, 0.15) is 0 Å². The van der Waals surface area contributed by atoms with Gasteiger partial charge in [-0.3, -0.25) is 9.52 Å². The van der Waals surface area contributed by atoms with Crippen molar-refractivity contribution in [3.8, 4) is 0 Å². The average molecular weight is 335 g/mol. The largest absolute Gasteiger partial charge is 0.324 e. The van der Waals surface area contributed by atoms with Crippen molar-refractivity contribution in [1.29, 1.82) is 0 Å². The number of nitrogens with zero attached hydrogens (tertiary/aromatic N) is 1. The third-order valence-corrected chi connectivity index (χ3v) is 6.69. The molecule has 1 aromatic heterocycles. The lowest BCUT2D eigenvalue weighted by Crippen LogP contribution is -2.13. The minimum atomic E-state index is -3.68. The molecular formula is C14H13N3O3S2. The molecular weight excluding hydrogens is 322 g/mol. The third kappa shape index (κ3) is 2.38. The van der Waals surface area contributed by atoms with Crippen LogP contribution >= 0.6 is 11.3 Å². The van der Waals surface area contributed by atoms with Crippen LogP contribution in [0.1, 0.15) is 29.3 Å². The van der Waals surface area contributed by atoms with Gasteiger partial charge in [0.2, 0.25) is 5.91 Å². The summed E-state index contributed by atoms with van der Waals surface area (Å²) in [7, 11) is -3.68. The number of thiazole rings is 1. The number of aromatic nitrogens is 1. The molecule has 114 valence electrons. The smallest absolute Gasteiger partial charge is 0.273 e. The van der Waals surface area contributed by atoms with Gasteiger partial charge in [-0.2, -0.15) is 0 Å². The second-order valence-electron chi connectivity index (χ2n) is 5.46. The number of carbonyl (C=O) groups excluding carboxylic acids is 1. The van der Waals surface area contributed by atoms with Gasteiger partial charge in [0.25, 0.3) is 10.0 Å². The first-order chi connectivity index (χ1) is 10.5. The molecule has 8 heteroatoms. The Kier molecular flexibility index (Phi) is 2.98. The molecule has 0 saturated heterocycles. The first-order valence-electron chi connectivity index (χ1n) is 6.93. The second kappa shape index (κ2) is 4.79. The van der Waals surface area contributed by atoms with Gasteiger partial charge in [-0.15, -0.1) is 11.3 Å². The van der Waals surface area contributed by atoms with Crippen molar-refractivity contribution in [1.82, 2.24) is 4.98 Å². The van der Waals surface area contributed by atoms with Gasteiger partial charge >= 0.3 is 0 Å². The number of carbonyl (C=O) groups is 1. The molecule has 0 unspecified atom stereocenters. The highest BCUT2D eigenvalue weighted by Crippen LogP contribution is 2.42. The Balaban J connectivity index is 1.65. The lowest BCUT2D eigenvalue weighted by atomic mass is 10.1. The summed E-state index contributed by atoms with van der Waals surface area (Å²) < 4.78 is 27.7. The van der Waals surface area contributed by atoms with Crippen molar-refractivity contribution < 1.29 is 13.2 Å². The Bertz CT molecular complexity index is 869. The molecule has 1 amide bonds. The SMILES string of the molecule is O=C1Cc2cccc(NS(=O)(=O)c3cnc(C4CC4)s3)c2N1. The van der Waals surface area contributed by atoms with Crippen LogP contribution in [0.5, 0.6) is 0 Å². The molecule has 4 rings (SSSR count). The van der Waals surface area contributed by atoms with Crippen LogP contribution in [-0.4, -0.2) is 19.3 Å². The molecule has 0 bridgehead atoms. The highest BCUT2D eigenvalue weighted by Gasteiger charge is 2.29. The van der Waals surface area contributed by atoms with Gasteiger partial charge in [-0.05, 0) is 24.5 Å². The molecule has 2 heterocycles. The van der Waals surface area contributed by atoms with Crippen molar-refractivity contribution >= 4 is 38.6 Å². The molecule has 22 heavy (non-hydrogen) atoms. The van der Waals surface area contributed by atoms with E-state index in [0.717, 1.165) is 23.4 Å². The van der Waals surface area contributed by atoms with Gasteiger partial charge < -0.3 is 5.32 Å². The van der Waals surface area contributed by atoms with Gasteiger partial charge in [-0.1, -0.05) is 12.1 Å². The van der Waals surface area contributed by atoms with Crippen molar-refractivity contribution in [3.63, 3.8) is 0 Å². The summed E-state index contributed by atoms with van der Waals surface area (Å²) in [6.07, 6.45) is 3.84. The maximum Gasteiger partial charge on any atom is 0.273 e. The number of hydrogen-bond acceptors (Lipinski definition) is 5. The van der Waals surface area contributed by atoms with Crippen molar-refractivity contribution in [3.05, 3.63) is 35.0 Å². The molecule has 2 aromatic rings. The number of benzene rings is 1. The zero-order valence-corrected chi connectivity index (χ0v) is 13.1. The summed E-state index contributed by atoms with van der Waals surface area (Å²) in [6, 6.07) is 5.19. The first-order valence-corrected chi connectivity index (χ1v) is 9.23. The summed E-state index contributed by atoms with van der Waals surface area (Å²) >= 11 is 1.21. The van der Waals surface area contributed by atoms with E-state index < -0.39 is 10.0 Å². The Morgan fingerprint density at radius 2 is 2.14 bits per heavy atom. The molecule has 1 aromatic carbocycles. The van der Waals surface area contributed by atoms with Crippen molar-refractivity contribution in [2.75, 3.05) is 10.0 Å². The Morgan fingerprint density at radius 1 is 1.32 bits per heavy atom. The van der Waals surface area contributed by atoms with E-state index in [9.17, 15) is 13.2 Å². The number of fused-ring (bicyclic) bond motifs is 1. The summed E-state index contributed by atoms with van der Waals surface area (Å²) in [5.74, 6) is 0.296. The van der Waals surface area contributed by atoms with Crippen LogP contribution in [0.2, 0.25) is 0 Å². The number of amides is 1. The molecule has 6 nitrogen and oxygen atoms in total. The van der Waals surface area contributed by atoms with Crippen LogP contribution < -0.4 is 10.0 Å². The van der Waals surface area contributed by atoms with Crippen LogP contribution in [0.15, 0.2) is 28.6 Å². The predicted octanol–water partition coefficient (Wildman–Crippen LogP) is 2.32. The Labute approximate surface area is 131 Å². The number of anilines is 2. The molecule has 1 aliphatic carbocycles. The summed E-state index contributed by atoms with van der Waals surface area (Å²) in [4.78, 5) is 15.7. The van der Waals surface area contributed by atoms with Gasteiger partial charge in [0.15, 0.2) is 4.21 Å². The van der Waals surface area contributed by atoms with E-state index in [2.05, 4.69) is 15.0 Å². The van der Waals surface area contributed by atoms with E-state index in [-0.39, 0.29) is 16.5 Å². The third-order valence-electron chi connectivity index (χ3n) is 3.70. The number of sulfonamides is 1. The van der Waals surface area contributed by atoms with Gasteiger partial charge in [0.05, 0.1) is 29.0 Å². The summed E-state index contributed by atoms with van der Waals surface area (Å²) in [6.45, 7) is 0. The standard InChI is InChI=1S/C14H13N3O3S2/c18-11-6-9-2-1-3-10(13(9)16-11)17-22(19,20)12-7-15-14(21-12)8-4-5-8/h1-3,7-8,17H,4-6H2,(H,16,18). The number of rotatable bonds is 4. The molecule has 2 N–H and O–H groups in total. The zero-order chi connectivity index (χ0) is 15.3. The molecule has 0 radical (unpaired) electrons. The van der Waals surface area contributed by atoms with E-state index in [4.69, 9.17) is 0 Å². The maximum absolute atomic E-state index is 12.5. The highest BCUT2D eigenvalue weighted by atomic mass is 32.2. The Morgan fingerprint density at radius 3 is 2.91 bits per heavy atom. The lowest BCUT2D eigenvalue weighted by Gasteiger charge is -2.10. The first kappa shape index (κ1) is 13.7. The summed E-state index contributed by atoms with van der Waals surface area (Å²) in [5, 5.41) is 3.58. The second-order valence-corrected chi connectivity index (χ2v) is 8.43. The normalized spacial score (nSPS) is 17.2. The minimum absolute atomic E-state index is 0.129. The molecule has 0 spiro atoms. The fourth-order valence-electron chi connectivity index (χ4n) is 2.45. The lowest BCUT2D eigenvalue weighted by molar-refractivity contribution is -0.115. The molecule has 2 aliphatic rings. The van der Waals surface area contributed by atoms with E-state index in [0.29, 0.717) is 17.3 Å². The molecule has 0 atom stereocenters. The Hall–Kier alpha value is -1.93. The monoisotopic (exact) mass is 335 g/mol. The fraction of sp³-hybridized carbons (Fsp3) is 0.286. The van der Waals surface area contributed by atoms with Crippen LogP contribution in [0.3, 0.4) is 0 Å². The number of nitrogens with one attached hydrogen (secondary N) is 2. The zero-order valence-electron chi connectivity index (χ0n) is 11.5. The minimum Gasteiger partial charge on any atom is -0.324 e. The van der Waals surface area contributed by atoms with E-state index in [1.807, 2.05) is 6.07 Å². The predicted molar refractivity (Wildman–Crippen MR) is 83.7 cm³/mol. The molecule has 1 aliphatic heterocycles. The fourth-order valence-corrected chi connectivity index (χ4v) is 4.84. The van der Waals surface area contributed by atoms with E-state index in [1.165, 1.54) is 17.5 Å². The number of hydrogen-bond donors (Lipinski definition) is 2. The molecule has 1 fully saturated rings. The van der Waals surface area contributed by atoms with Crippen molar-refractivity contribution in [2.24, 2.45) is 0 Å². The van der Waals surface area contributed by atoms with Crippen LogP contribution in [0.4, 0.5) is 11.4 Å². The highest BCUT2D eigenvalue weighted by molar-refractivity contribution is 7.94. The van der Waals surface area contributed by atoms with Crippen LogP contribution in [0.25, 0.3) is 0 Å². The average Bonchev–Trinajstić information content (AvgIpc) is 3.04. The topological polar surface area (TPSA) is 88.2 Å². The van der Waals surface area contributed by atoms with Gasteiger partial charge in [-0.25, -0.2) is 13.4 Å². The quantitative estimate of drug-likeness (QED) is 0.897.